The summed E-state index contributed by atoms with van der Waals surface area (Å²) in [7, 11) is 0. The molecule has 2 aromatic rings. The third-order valence-electron chi connectivity index (χ3n) is 2.61. The highest BCUT2D eigenvalue weighted by Gasteiger charge is 2.31. The molecule has 2 rings (SSSR count). The average Bonchev–Trinajstić information content (AvgIpc) is 2.37. The van der Waals surface area contributed by atoms with Gasteiger partial charge in [0.2, 0.25) is 0 Å². The molecule has 1 radical (unpaired) electrons. The Morgan fingerprint density at radius 1 is 0.619 bits per heavy atom. The number of alkyl halides is 6. The lowest BCUT2D eigenvalue weighted by Crippen LogP contribution is -2.06. The van der Waals surface area contributed by atoms with Crippen LogP contribution >= 0.6 is 0 Å². The molecular formula is C14H8F6N. The number of rotatable bonds is 2. The Kier molecular flexibility index (Phi) is 3.85. The summed E-state index contributed by atoms with van der Waals surface area (Å²) in [6.07, 6.45) is -9.06. The highest BCUT2D eigenvalue weighted by Crippen LogP contribution is 2.33. The van der Waals surface area contributed by atoms with Gasteiger partial charge in [-0.3, -0.25) is 0 Å². The van der Waals surface area contributed by atoms with E-state index in [9.17, 15) is 26.3 Å². The van der Waals surface area contributed by atoms with E-state index in [2.05, 4.69) is 5.32 Å². The summed E-state index contributed by atoms with van der Waals surface area (Å²) in [5, 5.41) is 3.79. The second kappa shape index (κ2) is 5.31. The van der Waals surface area contributed by atoms with E-state index in [1.165, 1.54) is 12.1 Å². The van der Waals surface area contributed by atoms with Gasteiger partial charge in [-0.25, -0.2) is 5.32 Å². The minimum Gasteiger partial charge on any atom is -0.249 e. The predicted molar refractivity (Wildman–Crippen MR) is 64.3 cm³/mol. The average molecular weight is 304 g/mol. The fourth-order valence-corrected chi connectivity index (χ4v) is 1.65. The summed E-state index contributed by atoms with van der Waals surface area (Å²) >= 11 is 0. The highest BCUT2D eigenvalue weighted by molar-refractivity contribution is 5.51. The molecule has 0 amide bonds. The van der Waals surface area contributed by atoms with Crippen molar-refractivity contribution in [2.75, 3.05) is 0 Å². The van der Waals surface area contributed by atoms with Crippen molar-refractivity contribution in [2.45, 2.75) is 12.4 Å². The molecule has 0 aliphatic carbocycles. The minimum atomic E-state index is -4.53. The topological polar surface area (TPSA) is 14.1 Å². The summed E-state index contributed by atoms with van der Waals surface area (Å²) in [5.74, 6) is 0. The van der Waals surface area contributed by atoms with Gasteiger partial charge in [0.1, 0.15) is 0 Å². The minimum absolute atomic E-state index is 0.0656. The number of nitrogens with zero attached hydrogens (tertiary/aromatic N) is 1. The standard InChI is InChI=1S/C14H8F6N/c15-13(16,17)9-3-1-5-11(7-9)21-12-6-2-4-10(8-12)14(18,19)20/h1-8H. The summed E-state index contributed by atoms with van der Waals surface area (Å²) in [6.45, 7) is 0. The van der Waals surface area contributed by atoms with E-state index >= 15 is 0 Å². The third-order valence-corrected chi connectivity index (χ3v) is 2.61. The molecule has 1 nitrogen and oxygen atoms in total. The number of hydrogen-bond acceptors (Lipinski definition) is 0. The van der Waals surface area contributed by atoms with Crippen molar-refractivity contribution in [3.05, 3.63) is 59.7 Å². The molecule has 0 spiro atoms. The van der Waals surface area contributed by atoms with Gasteiger partial charge in [-0.2, -0.15) is 26.3 Å². The van der Waals surface area contributed by atoms with Crippen LogP contribution in [0.2, 0.25) is 0 Å². The van der Waals surface area contributed by atoms with Crippen LogP contribution in [-0.2, 0) is 12.4 Å². The van der Waals surface area contributed by atoms with Crippen molar-refractivity contribution in [3.8, 4) is 0 Å². The lowest BCUT2D eigenvalue weighted by atomic mass is 10.1. The van der Waals surface area contributed by atoms with Crippen LogP contribution in [0.25, 0.3) is 0 Å². The molecule has 0 aliphatic rings. The second-order valence-corrected chi connectivity index (χ2v) is 4.21. The Hall–Kier alpha value is -2.18. The molecule has 21 heavy (non-hydrogen) atoms. The van der Waals surface area contributed by atoms with Gasteiger partial charge in [0.05, 0.1) is 22.5 Å². The van der Waals surface area contributed by atoms with Crippen LogP contribution in [-0.4, -0.2) is 0 Å². The summed E-state index contributed by atoms with van der Waals surface area (Å²) in [6, 6.07) is 8.16. The third kappa shape index (κ3) is 3.90. The first-order valence-corrected chi connectivity index (χ1v) is 5.72. The quantitative estimate of drug-likeness (QED) is 0.669. The molecule has 7 heteroatoms. The van der Waals surface area contributed by atoms with Crippen LogP contribution in [0.5, 0.6) is 0 Å². The van der Waals surface area contributed by atoms with Gasteiger partial charge >= 0.3 is 12.4 Å². The van der Waals surface area contributed by atoms with Crippen molar-refractivity contribution in [1.29, 1.82) is 0 Å². The van der Waals surface area contributed by atoms with Crippen LogP contribution in [0.15, 0.2) is 48.5 Å². The zero-order chi connectivity index (χ0) is 15.7. The van der Waals surface area contributed by atoms with Gasteiger partial charge < -0.3 is 0 Å². The zero-order valence-electron chi connectivity index (χ0n) is 10.3. The van der Waals surface area contributed by atoms with E-state index in [1.807, 2.05) is 0 Å². The Morgan fingerprint density at radius 3 is 1.33 bits per heavy atom. The Bertz CT molecular complexity index is 574. The van der Waals surface area contributed by atoms with E-state index in [0.29, 0.717) is 0 Å². The summed E-state index contributed by atoms with van der Waals surface area (Å²) < 4.78 is 75.2. The highest BCUT2D eigenvalue weighted by atomic mass is 19.4. The van der Waals surface area contributed by atoms with Crippen molar-refractivity contribution in [3.63, 3.8) is 0 Å². The van der Waals surface area contributed by atoms with Gasteiger partial charge in [0.25, 0.3) is 0 Å². The summed E-state index contributed by atoms with van der Waals surface area (Å²) in [5.41, 5.74) is -1.94. The van der Waals surface area contributed by atoms with Crippen LogP contribution in [0.3, 0.4) is 0 Å². The van der Waals surface area contributed by atoms with E-state index in [4.69, 9.17) is 0 Å². The molecule has 0 heterocycles. The van der Waals surface area contributed by atoms with E-state index < -0.39 is 23.5 Å². The molecule has 0 saturated carbocycles. The number of hydrogen-bond donors (Lipinski definition) is 0. The molecule has 0 bridgehead atoms. The van der Waals surface area contributed by atoms with Gasteiger partial charge in [-0.1, -0.05) is 12.1 Å². The van der Waals surface area contributed by atoms with Gasteiger partial charge in [-0.05, 0) is 36.4 Å². The van der Waals surface area contributed by atoms with Crippen molar-refractivity contribution in [1.82, 2.24) is 5.32 Å². The molecule has 0 atom stereocenters. The lowest BCUT2D eigenvalue weighted by Gasteiger charge is -2.10. The molecule has 0 aromatic heterocycles. The molecule has 0 unspecified atom stereocenters. The normalized spacial score (nSPS) is 12.3. The Morgan fingerprint density at radius 2 is 1.00 bits per heavy atom. The Balaban J connectivity index is 2.27. The maximum Gasteiger partial charge on any atom is 0.416 e. The van der Waals surface area contributed by atoms with E-state index in [1.54, 1.807) is 0 Å². The van der Waals surface area contributed by atoms with Crippen LogP contribution in [0, 0.1) is 0 Å². The van der Waals surface area contributed by atoms with Crippen LogP contribution in [0.4, 0.5) is 37.7 Å². The maximum atomic E-state index is 12.5. The SMILES string of the molecule is FC(F)(F)c1cccc([N]c2cccc(C(F)(F)F)c2)c1. The maximum absolute atomic E-state index is 12.5. The molecule has 0 fully saturated rings. The number of halogens is 6. The number of benzene rings is 2. The molecule has 0 saturated heterocycles. The zero-order valence-corrected chi connectivity index (χ0v) is 10.3. The smallest absolute Gasteiger partial charge is 0.249 e. The predicted octanol–water partition coefficient (Wildman–Crippen LogP) is 5.29. The molecule has 2 aromatic carbocycles. The summed E-state index contributed by atoms with van der Waals surface area (Å²) in [4.78, 5) is 0. The van der Waals surface area contributed by atoms with Crippen molar-refractivity contribution in [2.24, 2.45) is 0 Å². The van der Waals surface area contributed by atoms with Crippen LogP contribution in [0.1, 0.15) is 11.1 Å². The molecule has 0 N–H and O–H groups in total. The van der Waals surface area contributed by atoms with Gasteiger partial charge in [0.15, 0.2) is 0 Å². The van der Waals surface area contributed by atoms with Crippen LogP contribution < -0.4 is 5.32 Å². The first-order chi connectivity index (χ1) is 9.66. The first kappa shape index (κ1) is 15.2. The monoisotopic (exact) mass is 304 g/mol. The van der Waals surface area contributed by atoms with E-state index in [0.717, 1.165) is 36.4 Å². The Labute approximate surface area is 116 Å². The molecule has 111 valence electrons. The van der Waals surface area contributed by atoms with Crippen molar-refractivity contribution < 1.29 is 26.3 Å². The molecular weight excluding hydrogens is 296 g/mol. The van der Waals surface area contributed by atoms with Gasteiger partial charge in [0, 0.05) is 0 Å². The largest absolute Gasteiger partial charge is 0.416 e. The van der Waals surface area contributed by atoms with Gasteiger partial charge in [-0.15, -0.1) is 0 Å². The fraction of sp³-hybridized carbons (Fsp3) is 0.143. The van der Waals surface area contributed by atoms with E-state index in [-0.39, 0.29) is 11.4 Å². The second-order valence-electron chi connectivity index (χ2n) is 4.21. The fourth-order valence-electron chi connectivity index (χ4n) is 1.65. The van der Waals surface area contributed by atoms with Crippen molar-refractivity contribution >= 4 is 11.4 Å². The first-order valence-electron chi connectivity index (χ1n) is 5.72. The molecule has 0 aliphatic heterocycles. The lowest BCUT2D eigenvalue weighted by molar-refractivity contribution is -0.138.